The molecule has 1 amide bonds. The summed E-state index contributed by atoms with van der Waals surface area (Å²) in [6.45, 7) is 6.75. The fraction of sp³-hybridized carbons (Fsp3) is 0.615. The van der Waals surface area contributed by atoms with Gasteiger partial charge in [-0.15, -0.1) is 0 Å². The number of hydrogen-bond donors (Lipinski definition) is 3. The van der Waals surface area contributed by atoms with Crippen LogP contribution in [0, 0.1) is 6.92 Å². The highest BCUT2D eigenvalue weighted by atomic mass is 16.1. The van der Waals surface area contributed by atoms with Gasteiger partial charge < -0.3 is 16.4 Å². The van der Waals surface area contributed by atoms with E-state index in [0.717, 1.165) is 23.0 Å². The van der Waals surface area contributed by atoms with E-state index in [1.807, 2.05) is 14.0 Å². The molecule has 106 valence electrons. The van der Waals surface area contributed by atoms with Gasteiger partial charge in [-0.1, -0.05) is 13.8 Å². The maximum absolute atomic E-state index is 10.7. The Morgan fingerprint density at radius 2 is 1.95 bits per heavy atom. The zero-order chi connectivity index (χ0) is 14.4. The van der Waals surface area contributed by atoms with Gasteiger partial charge in [0.15, 0.2) is 0 Å². The molecule has 1 heterocycles. The van der Waals surface area contributed by atoms with Gasteiger partial charge in [-0.2, -0.15) is 0 Å². The number of hydrogen-bond acceptors (Lipinski definition) is 5. The van der Waals surface area contributed by atoms with E-state index < -0.39 is 0 Å². The predicted molar refractivity (Wildman–Crippen MR) is 77.3 cm³/mol. The topological polar surface area (TPSA) is 92.9 Å². The van der Waals surface area contributed by atoms with Crippen LogP contribution in [0.15, 0.2) is 0 Å². The first-order chi connectivity index (χ1) is 8.95. The minimum absolute atomic E-state index is 0.263. The fourth-order valence-electron chi connectivity index (χ4n) is 1.68. The number of primary amides is 1. The minimum Gasteiger partial charge on any atom is -0.373 e. The van der Waals surface area contributed by atoms with Crippen molar-refractivity contribution in [3.63, 3.8) is 0 Å². The molecule has 0 unspecified atom stereocenters. The summed E-state index contributed by atoms with van der Waals surface area (Å²) in [5.74, 6) is 2.43. The van der Waals surface area contributed by atoms with Crippen molar-refractivity contribution in [2.24, 2.45) is 5.73 Å². The van der Waals surface area contributed by atoms with Gasteiger partial charge in [0, 0.05) is 31.5 Å². The molecule has 0 saturated carbocycles. The molecule has 0 saturated heterocycles. The van der Waals surface area contributed by atoms with E-state index in [1.165, 1.54) is 0 Å². The first-order valence-electron chi connectivity index (χ1n) is 6.54. The standard InChI is InChI=1S/C13H23N5O/c1-8(2)11-17-12(15-4)9(3)13(18-11)16-7-5-6-10(14)19/h8H,5-7H2,1-4H3,(H2,14,19)(H2,15,16,17,18). The number of carbonyl (C=O) groups excluding carboxylic acids is 1. The lowest BCUT2D eigenvalue weighted by atomic mass is 10.2. The molecule has 4 N–H and O–H groups in total. The zero-order valence-corrected chi connectivity index (χ0v) is 12.1. The Balaban J connectivity index is 2.80. The fourth-order valence-corrected chi connectivity index (χ4v) is 1.68. The van der Waals surface area contributed by atoms with Crippen molar-refractivity contribution in [2.75, 3.05) is 24.2 Å². The molecule has 0 aliphatic carbocycles. The summed E-state index contributed by atoms with van der Waals surface area (Å²) in [7, 11) is 1.84. The molecule has 1 aromatic rings. The average molecular weight is 265 g/mol. The number of amides is 1. The van der Waals surface area contributed by atoms with Crippen LogP contribution in [0.1, 0.15) is 44.0 Å². The lowest BCUT2D eigenvalue weighted by Gasteiger charge is -2.15. The molecular formula is C13H23N5O. The van der Waals surface area contributed by atoms with Crippen molar-refractivity contribution in [3.8, 4) is 0 Å². The van der Waals surface area contributed by atoms with Crippen LogP contribution in [0.4, 0.5) is 11.6 Å². The third-order valence-corrected chi connectivity index (χ3v) is 2.81. The number of carbonyl (C=O) groups is 1. The van der Waals surface area contributed by atoms with Gasteiger partial charge in [-0.05, 0) is 13.3 Å². The van der Waals surface area contributed by atoms with Crippen LogP contribution in [0.25, 0.3) is 0 Å². The molecule has 19 heavy (non-hydrogen) atoms. The summed E-state index contributed by atoms with van der Waals surface area (Å²) in [4.78, 5) is 19.7. The molecule has 0 aromatic carbocycles. The maximum atomic E-state index is 10.7. The van der Waals surface area contributed by atoms with Crippen molar-refractivity contribution in [1.29, 1.82) is 0 Å². The number of rotatable bonds is 7. The Hall–Kier alpha value is -1.85. The van der Waals surface area contributed by atoms with Crippen molar-refractivity contribution in [3.05, 3.63) is 11.4 Å². The molecular weight excluding hydrogens is 242 g/mol. The number of nitrogens with zero attached hydrogens (tertiary/aromatic N) is 2. The summed E-state index contributed by atoms with van der Waals surface area (Å²) in [5.41, 5.74) is 6.09. The van der Waals surface area contributed by atoms with Crippen LogP contribution in [0.5, 0.6) is 0 Å². The van der Waals surface area contributed by atoms with Gasteiger partial charge in [-0.3, -0.25) is 4.79 Å². The van der Waals surface area contributed by atoms with Crippen LogP contribution in [0.3, 0.4) is 0 Å². The predicted octanol–water partition coefficient (Wildman–Crippen LogP) is 1.63. The van der Waals surface area contributed by atoms with Crippen molar-refractivity contribution in [1.82, 2.24) is 9.97 Å². The SMILES string of the molecule is CNc1nc(C(C)C)nc(NCCCC(N)=O)c1C. The molecule has 0 atom stereocenters. The van der Waals surface area contributed by atoms with E-state index in [4.69, 9.17) is 5.73 Å². The van der Waals surface area contributed by atoms with E-state index in [0.29, 0.717) is 19.4 Å². The Kier molecular flexibility index (Phi) is 5.54. The lowest BCUT2D eigenvalue weighted by molar-refractivity contribution is -0.118. The number of nitrogens with one attached hydrogen (secondary N) is 2. The van der Waals surface area contributed by atoms with Gasteiger partial charge in [-0.25, -0.2) is 9.97 Å². The van der Waals surface area contributed by atoms with E-state index in [2.05, 4.69) is 34.4 Å². The second kappa shape index (κ2) is 6.92. The Morgan fingerprint density at radius 3 is 2.47 bits per heavy atom. The van der Waals surface area contributed by atoms with Gasteiger partial charge in [0.2, 0.25) is 5.91 Å². The Labute approximate surface area is 114 Å². The van der Waals surface area contributed by atoms with Crippen LogP contribution >= 0.6 is 0 Å². The summed E-state index contributed by atoms with van der Waals surface area (Å²) in [6.07, 6.45) is 1.08. The lowest BCUT2D eigenvalue weighted by Crippen LogP contribution is -2.14. The number of nitrogens with two attached hydrogens (primary N) is 1. The van der Waals surface area contributed by atoms with Crippen LogP contribution < -0.4 is 16.4 Å². The highest BCUT2D eigenvalue weighted by molar-refractivity contribution is 5.73. The molecule has 0 spiro atoms. The Bertz CT molecular complexity index is 445. The van der Waals surface area contributed by atoms with E-state index in [1.54, 1.807) is 0 Å². The van der Waals surface area contributed by atoms with Gasteiger partial charge in [0.1, 0.15) is 17.5 Å². The van der Waals surface area contributed by atoms with Crippen LogP contribution in [0.2, 0.25) is 0 Å². The van der Waals surface area contributed by atoms with Gasteiger partial charge >= 0.3 is 0 Å². The summed E-state index contributed by atoms with van der Waals surface area (Å²) in [5, 5.41) is 6.31. The quantitative estimate of drug-likeness (QED) is 0.651. The summed E-state index contributed by atoms with van der Waals surface area (Å²) in [6, 6.07) is 0. The summed E-state index contributed by atoms with van der Waals surface area (Å²) < 4.78 is 0. The highest BCUT2D eigenvalue weighted by Gasteiger charge is 2.11. The van der Waals surface area contributed by atoms with Gasteiger partial charge in [0.05, 0.1) is 0 Å². The monoisotopic (exact) mass is 265 g/mol. The average Bonchev–Trinajstić information content (AvgIpc) is 2.35. The van der Waals surface area contributed by atoms with Crippen molar-refractivity contribution in [2.45, 2.75) is 39.5 Å². The van der Waals surface area contributed by atoms with Crippen LogP contribution in [-0.2, 0) is 4.79 Å². The van der Waals surface area contributed by atoms with Gasteiger partial charge in [0.25, 0.3) is 0 Å². The Morgan fingerprint density at radius 1 is 1.32 bits per heavy atom. The highest BCUT2D eigenvalue weighted by Crippen LogP contribution is 2.22. The first kappa shape index (κ1) is 15.2. The maximum Gasteiger partial charge on any atom is 0.217 e. The normalized spacial score (nSPS) is 10.6. The molecule has 6 nitrogen and oxygen atoms in total. The third kappa shape index (κ3) is 4.39. The van der Waals surface area contributed by atoms with Crippen molar-refractivity contribution < 1.29 is 4.79 Å². The van der Waals surface area contributed by atoms with Crippen molar-refractivity contribution >= 4 is 17.5 Å². The molecule has 0 radical (unpaired) electrons. The minimum atomic E-state index is -0.278. The molecule has 0 fully saturated rings. The second-order valence-corrected chi connectivity index (χ2v) is 4.81. The molecule has 0 bridgehead atoms. The smallest absolute Gasteiger partial charge is 0.217 e. The largest absolute Gasteiger partial charge is 0.373 e. The molecule has 0 aliphatic rings. The van der Waals surface area contributed by atoms with Crippen LogP contribution in [-0.4, -0.2) is 29.5 Å². The summed E-state index contributed by atoms with van der Waals surface area (Å²) >= 11 is 0. The first-order valence-corrected chi connectivity index (χ1v) is 6.54. The second-order valence-electron chi connectivity index (χ2n) is 4.81. The van der Waals surface area contributed by atoms with E-state index >= 15 is 0 Å². The third-order valence-electron chi connectivity index (χ3n) is 2.81. The zero-order valence-electron chi connectivity index (χ0n) is 12.1. The number of anilines is 2. The number of aromatic nitrogens is 2. The molecule has 0 aliphatic heterocycles. The molecule has 6 heteroatoms. The van der Waals surface area contributed by atoms with E-state index in [9.17, 15) is 4.79 Å². The molecule has 1 aromatic heterocycles. The molecule has 1 rings (SSSR count). The van der Waals surface area contributed by atoms with E-state index in [-0.39, 0.29) is 11.8 Å².